The number of methoxy groups -OCH3 is 1. The molecule has 5 heteroatoms. The average Bonchev–Trinajstić information content (AvgIpc) is 2.71. The number of fused-ring (bicyclic) bond motifs is 1. The van der Waals surface area contributed by atoms with Crippen molar-refractivity contribution < 1.29 is 14.3 Å². The molecule has 27 heavy (non-hydrogen) atoms. The Morgan fingerprint density at radius 2 is 1.70 bits per heavy atom. The second kappa shape index (κ2) is 8.73. The van der Waals surface area contributed by atoms with Crippen molar-refractivity contribution >= 4 is 34.4 Å². The average molecular weight is 379 g/mol. The second-order valence-corrected chi connectivity index (χ2v) is 7.59. The monoisotopic (exact) mass is 379 g/mol. The molecule has 3 aromatic rings. The van der Waals surface area contributed by atoms with E-state index in [0.717, 1.165) is 10.5 Å². The van der Waals surface area contributed by atoms with E-state index in [9.17, 15) is 9.59 Å². The number of hydrogen-bond donors (Lipinski definition) is 1. The predicted molar refractivity (Wildman–Crippen MR) is 109 cm³/mol. The Morgan fingerprint density at radius 1 is 1.00 bits per heavy atom. The molecule has 0 radical (unpaired) electrons. The number of hydrogen-bond acceptors (Lipinski definition) is 4. The van der Waals surface area contributed by atoms with Crippen molar-refractivity contribution in [1.29, 1.82) is 0 Å². The molecule has 0 saturated heterocycles. The van der Waals surface area contributed by atoms with Gasteiger partial charge in [0.05, 0.1) is 17.9 Å². The molecular weight excluding hydrogens is 358 g/mol. The minimum absolute atomic E-state index is 0.0230. The number of thioether (sulfide) groups is 1. The minimum atomic E-state index is -0.369. The summed E-state index contributed by atoms with van der Waals surface area (Å²) in [5, 5.41) is 5.09. The van der Waals surface area contributed by atoms with Gasteiger partial charge in [0.25, 0.3) is 0 Å². The molecule has 0 aliphatic carbocycles. The molecule has 0 aliphatic rings. The number of esters is 1. The lowest BCUT2D eigenvalue weighted by molar-refractivity contribution is -0.120. The Kier molecular flexibility index (Phi) is 6.14. The summed E-state index contributed by atoms with van der Waals surface area (Å²) in [5.74, 6) is -0.392. The molecule has 3 rings (SSSR count). The zero-order chi connectivity index (χ0) is 19.2. The van der Waals surface area contributed by atoms with Crippen LogP contribution >= 0.6 is 11.8 Å². The van der Waals surface area contributed by atoms with Crippen LogP contribution in [0.5, 0.6) is 0 Å². The Morgan fingerprint density at radius 3 is 2.41 bits per heavy atom. The highest BCUT2D eigenvalue weighted by molar-refractivity contribution is 8.00. The van der Waals surface area contributed by atoms with E-state index >= 15 is 0 Å². The van der Waals surface area contributed by atoms with Crippen LogP contribution in [-0.4, -0.2) is 24.2 Å². The van der Waals surface area contributed by atoms with E-state index in [-0.39, 0.29) is 17.1 Å². The molecule has 1 unspecified atom stereocenters. The third-order valence-electron chi connectivity index (χ3n) is 4.24. The molecule has 1 N–H and O–H groups in total. The summed E-state index contributed by atoms with van der Waals surface area (Å²) in [6.07, 6.45) is 0. The van der Waals surface area contributed by atoms with Gasteiger partial charge in [-0.2, -0.15) is 0 Å². The number of amides is 1. The van der Waals surface area contributed by atoms with E-state index in [1.807, 2.05) is 37.3 Å². The number of benzene rings is 3. The van der Waals surface area contributed by atoms with Gasteiger partial charge in [-0.3, -0.25) is 4.79 Å². The normalized spacial score (nSPS) is 11.8. The molecule has 1 atom stereocenters. The molecule has 4 nitrogen and oxygen atoms in total. The quantitative estimate of drug-likeness (QED) is 0.509. The van der Waals surface area contributed by atoms with Gasteiger partial charge in [-0.15, -0.1) is 11.8 Å². The maximum absolute atomic E-state index is 12.4. The molecule has 0 aliphatic heterocycles. The van der Waals surface area contributed by atoms with Crippen molar-refractivity contribution in [3.8, 4) is 0 Å². The molecule has 0 bridgehead atoms. The molecule has 0 heterocycles. The van der Waals surface area contributed by atoms with E-state index in [1.165, 1.54) is 29.6 Å². The highest BCUT2D eigenvalue weighted by Gasteiger charge is 2.14. The maximum atomic E-state index is 12.4. The Balaban J connectivity index is 1.56. The van der Waals surface area contributed by atoms with Crippen molar-refractivity contribution in [1.82, 2.24) is 5.32 Å². The van der Waals surface area contributed by atoms with Crippen LogP contribution in [0.1, 0.15) is 22.8 Å². The van der Waals surface area contributed by atoms with Crippen LogP contribution in [-0.2, 0) is 16.1 Å². The highest BCUT2D eigenvalue weighted by atomic mass is 32.2. The number of carbonyl (C=O) groups excluding carboxylic acids is 2. The van der Waals surface area contributed by atoms with Gasteiger partial charge < -0.3 is 10.1 Å². The Bertz CT molecular complexity index is 953. The Hall–Kier alpha value is -2.79. The lowest BCUT2D eigenvalue weighted by atomic mass is 10.1. The fraction of sp³-hybridized carbons (Fsp3) is 0.182. The van der Waals surface area contributed by atoms with Crippen LogP contribution in [0.25, 0.3) is 10.8 Å². The van der Waals surface area contributed by atoms with Crippen molar-refractivity contribution in [3.05, 3.63) is 77.9 Å². The summed E-state index contributed by atoms with van der Waals surface area (Å²) in [7, 11) is 1.35. The summed E-state index contributed by atoms with van der Waals surface area (Å²) in [6.45, 7) is 2.32. The van der Waals surface area contributed by atoms with Crippen molar-refractivity contribution in [2.45, 2.75) is 23.6 Å². The molecule has 138 valence electrons. The first-order valence-corrected chi connectivity index (χ1v) is 9.55. The molecule has 0 spiro atoms. The van der Waals surface area contributed by atoms with Crippen molar-refractivity contribution in [3.63, 3.8) is 0 Å². The summed E-state index contributed by atoms with van der Waals surface area (Å²) in [6, 6.07) is 21.4. The summed E-state index contributed by atoms with van der Waals surface area (Å²) in [5.41, 5.74) is 1.42. The predicted octanol–water partition coefficient (Wildman–Crippen LogP) is 4.42. The van der Waals surface area contributed by atoms with Gasteiger partial charge >= 0.3 is 5.97 Å². The summed E-state index contributed by atoms with van der Waals surface area (Å²) < 4.78 is 4.68. The molecule has 0 aromatic heterocycles. The fourth-order valence-electron chi connectivity index (χ4n) is 2.71. The van der Waals surface area contributed by atoms with Gasteiger partial charge in [0.15, 0.2) is 0 Å². The molecule has 3 aromatic carbocycles. The fourth-order valence-corrected chi connectivity index (χ4v) is 3.65. The van der Waals surface area contributed by atoms with Gasteiger partial charge in [0.2, 0.25) is 5.91 Å². The maximum Gasteiger partial charge on any atom is 0.337 e. The second-order valence-electron chi connectivity index (χ2n) is 6.18. The lowest BCUT2D eigenvalue weighted by Gasteiger charge is -2.13. The van der Waals surface area contributed by atoms with Crippen LogP contribution in [0.2, 0.25) is 0 Å². The zero-order valence-corrected chi connectivity index (χ0v) is 16.1. The molecule has 1 amide bonds. The molecule has 0 fully saturated rings. The lowest BCUT2D eigenvalue weighted by Crippen LogP contribution is -2.30. The number of rotatable bonds is 6. The number of ether oxygens (including phenoxy) is 1. The minimum Gasteiger partial charge on any atom is -0.465 e. The van der Waals surface area contributed by atoms with E-state index in [2.05, 4.69) is 34.3 Å². The molecule has 0 saturated carbocycles. The zero-order valence-electron chi connectivity index (χ0n) is 15.3. The van der Waals surface area contributed by atoms with E-state index < -0.39 is 0 Å². The topological polar surface area (TPSA) is 55.4 Å². The first-order valence-electron chi connectivity index (χ1n) is 8.67. The van der Waals surface area contributed by atoms with Crippen molar-refractivity contribution in [2.24, 2.45) is 0 Å². The number of carbonyl (C=O) groups is 2. The summed E-state index contributed by atoms with van der Waals surface area (Å²) >= 11 is 1.54. The van der Waals surface area contributed by atoms with Crippen LogP contribution in [0.4, 0.5) is 0 Å². The standard InChI is InChI=1S/C22H21NO3S/c1-15(27-20-12-11-17-5-3-4-6-19(17)13-20)21(24)23-14-16-7-9-18(10-8-16)22(25)26-2/h3-13,15H,14H2,1-2H3,(H,23,24). The third kappa shape index (κ3) is 4.89. The third-order valence-corrected chi connectivity index (χ3v) is 5.34. The van der Waals surface area contributed by atoms with Crippen LogP contribution in [0.15, 0.2) is 71.6 Å². The first kappa shape index (κ1) is 19.0. The van der Waals surface area contributed by atoms with Crippen LogP contribution in [0, 0.1) is 0 Å². The summed E-state index contributed by atoms with van der Waals surface area (Å²) in [4.78, 5) is 24.9. The van der Waals surface area contributed by atoms with Gasteiger partial charge in [-0.1, -0.05) is 42.5 Å². The van der Waals surface area contributed by atoms with Crippen molar-refractivity contribution in [2.75, 3.05) is 7.11 Å². The van der Waals surface area contributed by atoms with Gasteiger partial charge in [-0.25, -0.2) is 4.79 Å². The van der Waals surface area contributed by atoms with Gasteiger partial charge in [0, 0.05) is 11.4 Å². The largest absolute Gasteiger partial charge is 0.465 e. The molecular formula is C22H21NO3S. The van der Waals surface area contributed by atoms with Crippen LogP contribution < -0.4 is 5.32 Å². The van der Waals surface area contributed by atoms with Gasteiger partial charge in [0.1, 0.15) is 0 Å². The Labute approximate surface area is 162 Å². The van der Waals surface area contributed by atoms with Gasteiger partial charge in [-0.05, 0) is 47.5 Å². The van der Waals surface area contributed by atoms with E-state index in [4.69, 9.17) is 0 Å². The highest BCUT2D eigenvalue weighted by Crippen LogP contribution is 2.27. The number of nitrogens with one attached hydrogen (secondary N) is 1. The SMILES string of the molecule is COC(=O)c1ccc(CNC(=O)C(C)Sc2ccc3ccccc3c2)cc1. The first-order chi connectivity index (χ1) is 13.1. The van der Waals surface area contributed by atoms with E-state index in [0.29, 0.717) is 12.1 Å². The smallest absolute Gasteiger partial charge is 0.337 e. The van der Waals surface area contributed by atoms with Crippen LogP contribution in [0.3, 0.4) is 0 Å². The van der Waals surface area contributed by atoms with E-state index in [1.54, 1.807) is 12.1 Å².